The van der Waals surface area contributed by atoms with Crippen LogP contribution in [0.4, 0.5) is 0 Å². The lowest BCUT2D eigenvalue weighted by atomic mass is 10.1. The molecule has 1 aromatic rings. The van der Waals surface area contributed by atoms with Gasteiger partial charge in [0.15, 0.2) is 0 Å². The number of nitrogens with two attached hydrogens (primary N) is 1. The van der Waals surface area contributed by atoms with Crippen molar-refractivity contribution in [3.63, 3.8) is 0 Å². The maximum absolute atomic E-state index is 11.4. The van der Waals surface area contributed by atoms with Crippen molar-refractivity contribution >= 4 is 23.6 Å². The van der Waals surface area contributed by atoms with Gasteiger partial charge in [-0.1, -0.05) is 6.92 Å². The number of thioether (sulfide) groups is 1. The summed E-state index contributed by atoms with van der Waals surface area (Å²) in [4.78, 5) is 26.4. The third-order valence-corrected chi connectivity index (χ3v) is 3.69. The van der Waals surface area contributed by atoms with E-state index < -0.39 is 17.8 Å². The highest BCUT2D eigenvalue weighted by Gasteiger charge is 2.17. The average Bonchev–Trinajstić information content (AvgIpc) is 2.23. The van der Waals surface area contributed by atoms with Crippen LogP contribution in [0.1, 0.15) is 28.5 Å². The lowest BCUT2D eigenvalue weighted by Gasteiger charge is -2.11. The summed E-state index contributed by atoms with van der Waals surface area (Å²) >= 11 is 1.25. The smallest absolute Gasteiger partial charge is 0.307 e. The van der Waals surface area contributed by atoms with Gasteiger partial charge in [0.25, 0.3) is 5.91 Å². The van der Waals surface area contributed by atoms with Crippen LogP contribution in [0.5, 0.6) is 0 Å². The third-order valence-electron chi connectivity index (χ3n) is 2.45. The number of hydrogen-bond acceptors (Lipinski definition) is 4. The Balaban J connectivity index is 3.00. The number of carboxylic acids is 1. The van der Waals surface area contributed by atoms with E-state index in [2.05, 4.69) is 4.98 Å². The van der Waals surface area contributed by atoms with Crippen LogP contribution in [-0.2, 0) is 4.79 Å². The largest absolute Gasteiger partial charge is 0.481 e. The van der Waals surface area contributed by atoms with Crippen molar-refractivity contribution in [2.45, 2.75) is 25.8 Å². The molecule has 0 aliphatic rings. The van der Waals surface area contributed by atoms with Gasteiger partial charge in [-0.25, -0.2) is 4.98 Å². The van der Waals surface area contributed by atoms with Gasteiger partial charge in [-0.3, -0.25) is 9.59 Å². The van der Waals surface area contributed by atoms with Gasteiger partial charge in [-0.05, 0) is 25.5 Å². The summed E-state index contributed by atoms with van der Waals surface area (Å²) < 4.78 is 0. The van der Waals surface area contributed by atoms with E-state index in [0.29, 0.717) is 16.3 Å². The van der Waals surface area contributed by atoms with Crippen LogP contribution in [0, 0.1) is 19.8 Å². The van der Waals surface area contributed by atoms with Crippen molar-refractivity contribution in [1.29, 1.82) is 0 Å². The number of pyridine rings is 1. The molecule has 0 saturated carbocycles. The number of aryl methyl sites for hydroxylation is 2. The predicted molar refractivity (Wildman–Crippen MR) is 69.8 cm³/mol. The summed E-state index contributed by atoms with van der Waals surface area (Å²) in [6, 6.07) is 1.78. The molecule has 5 nitrogen and oxygen atoms in total. The van der Waals surface area contributed by atoms with Crippen molar-refractivity contribution in [3.8, 4) is 0 Å². The van der Waals surface area contributed by atoms with E-state index in [1.807, 2.05) is 6.92 Å². The predicted octanol–water partition coefficient (Wildman–Crippen LogP) is 1.61. The zero-order valence-corrected chi connectivity index (χ0v) is 11.4. The SMILES string of the molecule is Cc1cc(C)c(C(N)=O)c(SCC(C)C(=O)O)n1. The molecule has 0 aromatic carbocycles. The summed E-state index contributed by atoms with van der Waals surface area (Å²) in [5, 5.41) is 9.33. The summed E-state index contributed by atoms with van der Waals surface area (Å²) in [5.74, 6) is -1.55. The Morgan fingerprint density at radius 1 is 1.50 bits per heavy atom. The molecule has 6 heteroatoms. The number of aromatic nitrogens is 1. The molecule has 1 amide bonds. The normalized spacial score (nSPS) is 12.2. The highest BCUT2D eigenvalue weighted by atomic mass is 32.2. The summed E-state index contributed by atoms with van der Waals surface area (Å²) in [6.45, 7) is 5.23. The number of hydrogen-bond donors (Lipinski definition) is 2. The number of primary amides is 1. The Kier molecular flexibility index (Phi) is 4.72. The Morgan fingerprint density at radius 2 is 2.11 bits per heavy atom. The van der Waals surface area contributed by atoms with Crippen molar-refractivity contribution < 1.29 is 14.7 Å². The second kappa shape index (κ2) is 5.86. The fourth-order valence-corrected chi connectivity index (χ4v) is 2.65. The molecule has 0 bridgehead atoms. The van der Waals surface area contributed by atoms with Crippen LogP contribution in [-0.4, -0.2) is 27.7 Å². The number of rotatable bonds is 5. The van der Waals surface area contributed by atoms with Gasteiger partial charge in [0, 0.05) is 11.4 Å². The molecule has 0 aliphatic heterocycles. The van der Waals surface area contributed by atoms with Crippen LogP contribution in [0.25, 0.3) is 0 Å². The monoisotopic (exact) mass is 268 g/mol. The number of carbonyl (C=O) groups excluding carboxylic acids is 1. The van der Waals surface area contributed by atoms with E-state index in [1.165, 1.54) is 11.8 Å². The molecule has 18 heavy (non-hydrogen) atoms. The second-order valence-electron chi connectivity index (χ2n) is 4.18. The molecule has 0 radical (unpaired) electrons. The number of nitrogens with zero attached hydrogens (tertiary/aromatic N) is 1. The molecule has 1 aromatic heterocycles. The van der Waals surface area contributed by atoms with E-state index in [4.69, 9.17) is 10.8 Å². The summed E-state index contributed by atoms with van der Waals surface area (Å²) in [6.07, 6.45) is 0. The quantitative estimate of drug-likeness (QED) is 0.791. The first kappa shape index (κ1) is 14.5. The topological polar surface area (TPSA) is 93.3 Å². The van der Waals surface area contributed by atoms with Crippen LogP contribution in [0.15, 0.2) is 11.1 Å². The lowest BCUT2D eigenvalue weighted by Crippen LogP contribution is -2.17. The van der Waals surface area contributed by atoms with Crippen molar-refractivity contribution in [3.05, 3.63) is 22.9 Å². The highest BCUT2D eigenvalue weighted by molar-refractivity contribution is 7.99. The minimum atomic E-state index is -0.868. The molecule has 0 aliphatic carbocycles. The Hall–Kier alpha value is -1.56. The molecule has 0 spiro atoms. The molecule has 98 valence electrons. The highest BCUT2D eigenvalue weighted by Crippen LogP contribution is 2.25. The summed E-state index contributed by atoms with van der Waals surface area (Å²) in [7, 11) is 0. The molecular weight excluding hydrogens is 252 g/mol. The Labute approximate surface area is 110 Å². The molecule has 1 heterocycles. The zero-order chi connectivity index (χ0) is 13.9. The van der Waals surface area contributed by atoms with Gasteiger partial charge in [0.05, 0.1) is 11.5 Å². The minimum Gasteiger partial charge on any atom is -0.481 e. The Bertz CT molecular complexity index is 488. The van der Waals surface area contributed by atoms with Crippen molar-refractivity contribution in [2.24, 2.45) is 11.7 Å². The first-order valence-corrected chi connectivity index (χ1v) is 6.45. The van der Waals surface area contributed by atoms with Crippen LogP contribution in [0.2, 0.25) is 0 Å². The van der Waals surface area contributed by atoms with Crippen molar-refractivity contribution in [2.75, 3.05) is 5.75 Å². The molecule has 1 atom stereocenters. The fourth-order valence-electron chi connectivity index (χ4n) is 1.48. The number of aliphatic carboxylic acids is 1. The van der Waals surface area contributed by atoms with Gasteiger partial charge < -0.3 is 10.8 Å². The maximum atomic E-state index is 11.4. The van der Waals surface area contributed by atoms with Crippen molar-refractivity contribution in [1.82, 2.24) is 4.98 Å². The molecule has 3 N–H and O–H groups in total. The molecule has 1 unspecified atom stereocenters. The van der Waals surface area contributed by atoms with Gasteiger partial charge in [-0.15, -0.1) is 11.8 Å². The van der Waals surface area contributed by atoms with E-state index >= 15 is 0 Å². The van der Waals surface area contributed by atoms with Crippen LogP contribution < -0.4 is 5.73 Å². The van der Waals surface area contributed by atoms with E-state index in [0.717, 1.165) is 11.3 Å². The van der Waals surface area contributed by atoms with Gasteiger partial charge in [0.1, 0.15) is 5.03 Å². The lowest BCUT2D eigenvalue weighted by molar-refractivity contribution is -0.140. The Morgan fingerprint density at radius 3 is 2.61 bits per heavy atom. The van der Waals surface area contributed by atoms with Gasteiger partial charge in [0.2, 0.25) is 0 Å². The first-order valence-electron chi connectivity index (χ1n) is 5.46. The molecule has 1 rings (SSSR count). The fraction of sp³-hybridized carbons (Fsp3) is 0.417. The second-order valence-corrected chi connectivity index (χ2v) is 5.18. The van der Waals surface area contributed by atoms with E-state index in [-0.39, 0.29) is 0 Å². The van der Waals surface area contributed by atoms with Crippen LogP contribution >= 0.6 is 11.8 Å². The average molecular weight is 268 g/mol. The number of carboxylic acid groups (broad SMARTS) is 1. The van der Waals surface area contributed by atoms with Gasteiger partial charge >= 0.3 is 5.97 Å². The molecular formula is C12H16N2O3S. The number of carbonyl (C=O) groups is 2. The number of amides is 1. The zero-order valence-electron chi connectivity index (χ0n) is 10.6. The third kappa shape index (κ3) is 3.46. The van der Waals surface area contributed by atoms with Gasteiger partial charge in [-0.2, -0.15) is 0 Å². The van der Waals surface area contributed by atoms with E-state index in [9.17, 15) is 9.59 Å². The first-order chi connectivity index (χ1) is 8.32. The van der Waals surface area contributed by atoms with E-state index in [1.54, 1.807) is 19.9 Å². The molecule has 0 fully saturated rings. The van der Waals surface area contributed by atoms with Crippen LogP contribution in [0.3, 0.4) is 0 Å². The minimum absolute atomic E-state index is 0.353. The standard InChI is InChI=1S/C12H16N2O3S/c1-6-4-8(3)14-11(9(6)10(13)15)18-5-7(2)12(16)17/h4,7H,5H2,1-3H3,(H2,13,15)(H,16,17). The summed E-state index contributed by atoms with van der Waals surface area (Å²) in [5.41, 5.74) is 7.25. The molecule has 0 saturated heterocycles. The maximum Gasteiger partial charge on any atom is 0.307 e.